The zero-order chi connectivity index (χ0) is 14.1. The van der Waals surface area contributed by atoms with Gasteiger partial charge in [0.1, 0.15) is 6.07 Å². The van der Waals surface area contributed by atoms with Gasteiger partial charge in [-0.2, -0.15) is 5.26 Å². The second-order valence-corrected chi connectivity index (χ2v) is 5.56. The van der Waals surface area contributed by atoms with Crippen molar-refractivity contribution < 1.29 is 4.74 Å². The summed E-state index contributed by atoms with van der Waals surface area (Å²) in [5.74, 6) is 0. The van der Waals surface area contributed by atoms with Crippen LogP contribution in [0.3, 0.4) is 0 Å². The number of nitriles is 1. The summed E-state index contributed by atoms with van der Waals surface area (Å²) < 4.78 is 7.69. The largest absolute Gasteiger partial charge is 0.376 e. The Labute approximate surface area is 119 Å². The first-order valence-electron chi connectivity index (χ1n) is 7.03. The molecule has 4 heteroatoms. The Bertz CT molecular complexity index is 655. The lowest BCUT2D eigenvalue weighted by molar-refractivity contribution is -0.0526. The molecule has 0 aliphatic carbocycles. The summed E-state index contributed by atoms with van der Waals surface area (Å²) in [6.07, 6.45) is 4.32. The monoisotopic (exact) mass is 269 g/mol. The van der Waals surface area contributed by atoms with E-state index in [0.29, 0.717) is 6.04 Å². The van der Waals surface area contributed by atoms with Crippen LogP contribution in [-0.4, -0.2) is 34.6 Å². The second-order valence-electron chi connectivity index (χ2n) is 5.56. The van der Waals surface area contributed by atoms with E-state index in [9.17, 15) is 5.26 Å². The maximum absolute atomic E-state index is 9.45. The third kappa shape index (κ3) is 2.31. The maximum Gasteiger partial charge on any atom is 0.102 e. The molecule has 1 saturated heterocycles. The molecule has 0 radical (unpaired) electrons. The van der Waals surface area contributed by atoms with Crippen LogP contribution in [0, 0.1) is 11.3 Å². The number of aromatic nitrogens is 1. The normalized spacial score (nSPS) is 23.9. The summed E-state index contributed by atoms with van der Waals surface area (Å²) in [5, 5.41) is 9.45. The number of nitrogens with zero attached hydrogens (tertiary/aromatic N) is 3. The van der Waals surface area contributed by atoms with Crippen molar-refractivity contribution >= 4 is 5.52 Å². The molecule has 0 N–H and O–H groups in total. The van der Waals surface area contributed by atoms with Gasteiger partial charge >= 0.3 is 0 Å². The molecule has 0 aromatic carbocycles. The minimum atomic E-state index is 0.258. The lowest BCUT2D eigenvalue weighted by Gasteiger charge is -2.36. The van der Waals surface area contributed by atoms with Crippen molar-refractivity contribution in [2.24, 2.45) is 0 Å². The second kappa shape index (κ2) is 5.28. The Morgan fingerprint density at radius 2 is 2.25 bits per heavy atom. The molecule has 0 saturated carbocycles. The molecule has 1 aliphatic rings. The number of rotatable bonds is 2. The van der Waals surface area contributed by atoms with Crippen LogP contribution >= 0.6 is 0 Å². The van der Waals surface area contributed by atoms with Crippen molar-refractivity contribution in [1.82, 2.24) is 9.30 Å². The molecule has 104 valence electrons. The van der Waals surface area contributed by atoms with Crippen LogP contribution < -0.4 is 0 Å². The summed E-state index contributed by atoms with van der Waals surface area (Å²) >= 11 is 0. The van der Waals surface area contributed by atoms with Gasteiger partial charge in [0.25, 0.3) is 0 Å². The zero-order valence-electron chi connectivity index (χ0n) is 11.9. The lowest BCUT2D eigenvalue weighted by atomic mass is 10.1. The van der Waals surface area contributed by atoms with Gasteiger partial charge in [0.05, 0.1) is 23.8 Å². The minimum Gasteiger partial charge on any atom is -0.376 e. The van der Waals surface area contributed by atoms with Crippen molar-refractivity contribution in [3.63, 3.8) is 0 Å². The van der Waals surface area contributed by atoms with Gasteiger partial charge < -0.3 is 9.14 Å². The molecule has 1 fully saturated rings. The van der Waals surface area contributed by atoms with Crippen LogP contribution in [0.2, 0.25) is 0 Å². The van der Waals surface area contributed by atoms with E-state index in [-0.39, 0.29) is 6.10 Å². The topological polar surface area (TPSA) is 40.7 Å². The number of fused-ring (bicyclic) bond motifs is 1. The molecule has 2 aromatic rings. The van der Waals surface area contributed by atoms with E-state index in [2.05, 4.69) is 31.0 Å². The molecule has 0 amide bonds. The Morgan fingerprint density at radius 1 is 1.40 bits per heavy atom. The fourth-order valence-electron chi connectivity index (χ4n) is 2.84. The Balaban J connectivity index is 1.92. The van der Waals surface area contributed by atoms with Gasteiger partial charge in [-0.3, -0.25) is 4.90 Å². The predicted molar refractivity (Wildman–Crippen MR) is 77.4 cm³/mol. The zero-order valence-corrected chi connectivity index (χ0v) is 11.9. The van der Waals surface area contributed by atoms with Gasteiger partial charge in [-0.25, -0.2) is 0 Å². The third-order valence-electron chi connectivity index (χ3n) is 3.98. The molecule has 20 heavy (non-hydrogen) atoms. The highest BCUT2D eigenvalue weighted by Crippen LogP contribution is 2.22. The van der Waals surface area contributed by atoms with Crippen LogP contribution in [0.5, 0.6) is 0 Å². The standard InChI is InChI=1S/C16H19N3O/c1-12-11-20-13(2)8-19(12)10-14-9-18-6-4-3-5-16(18)15(14)7-17/h3-6,9,12-13H,8,10-11H2,1-2H3/t12-,13+/m1/s1. The highest BCUT2D eigenvalue weighted by molar-refractivity contribution is 5.65. The summed E-state index contributed by atoms with van der Waals surface area (Å²) in [5.41, 5.74) is 2.87. The van der Waals surface area contributed by atoms with Crippen LogP contribution in [0.4, 0.5) is 0 Å². The van der Waals surface area contributed by atoms with Gasteiger partial charge in [-0.1, -0.05) is 6.07 Å². The number of ether oxygens (including phenoxy) is 1. The SMILES string of the molecule is C[C@@H]1CO[C@@H](C)CN1Cc1cn2ccccc2c1C#N. The fraction of sp³-hybridized carbons (Fsp3) is 0.438. The first-order valence-corrected chi connectivity index (χ1v) is 7.03. The molecule has 3 heterocycles. The van der Waals surface area contributed by atoms with E-state index < -0.39 is 0 Å². The van der Waals surface area contributed by atoms with Crippen molar-refractivity contribution in [3.8, 4) is 6.07 Å². The average Bonchev–Trinajstić information content (AvgIpc) is 2.80. The Hall–Kier alpha value is -1.83. The van der Waals surface area contributed by atoms with Crippen molar-refractivity contribution in [2.75, 3.05) is 13.2 Å². The van der Waals surface area contributed by atoms with Crippen LogP contribution in [-0.2, 0) is 11.3 Å². The number of hydrogen-bond acceptors (Lipinski definition) is 3. The van der Waals surface area contributed by atoms with E-state index >= 15 is 0 Å². The Morgan fingerprint density at radius 3 is 3.05 bits per heavy atom. The van der Waals surface area contributed by atoms with Gasteiger partial charge in [0.15, 0.2) is 0 Å². The smallest absolute Gasteiger partial charge is 0.102 e. The molecular formula is C16H19N3O. The highest BCUT2D eigenvalue weighted by Gasteiger charge is 2.24. The molecule has 0 unspecified atom stereocenters. The quantitative estimate of drug-likeness (QED) is 0.840. The van der Waals surface area contributed by atoms with Crippen LogP contribution in [0.15, 0.2) is 30.6 Å². The number of hydrogen-bond donors (Lipinski definition) is 0. The first kappa shape index (κ1) is 13.2. The molecule has 3 rings (SSSR count). The van der Waals surface area contributed by atoms with Crippen molar-refractivity contribution in [2.45, 2.75) is 32.5 Å². The van der Waals surface area contributed by atoms with Crippen LogP contribution in [0.25, 0.3) is 5.52 Å². The minimum absolute atomic E-state index is 0.258. The van der Waals surface area contributed by atoms with E-state index in [4.69, 9.17) is 4.74 Å². The van der Waals surface area contributed by atoms with Gasteiger partial charge in [-0.05, 0) is 26.0 Å². The van der Waals surface area contributed by atoms with Crippen molar-refractivity contribution in [1.29, 1.82) is 5.26 Å². The molecule has 0 spiro atoms. The Kier molecular flexibility index (Phi) is 3.47. The van der Waals surface area contributed by atoms with E-state index in [1.807, 2.05) is 28.8 Å². The molecule has 2 aromatic heterocycles. The van der Waals surface area contributed by atoms with Gasteiger partial charge in [0, 0.05) is 37.1 Å². The molecule has 0 bridgehead atoms. The van der Waals surface area contributed by atoms with Gasteiger partial charge in [0.2, 0.25) is 0 Å². The molecular weight excluding hydrogens is 250 g/mol. The van der Waals surface area contributed by atoms with E-state index in [1.165, 1.54) is 0 Å². The maximum atomic E-state index is 9.45. The lowest BCUT2D eigenvalue weighted by Crippen LogP contribution is -2.46. The molecule has 1 aliphatic heterocycles. The predicted octanol–water partition coefficient (Wildman–Crippen LogP) is 2.42. The third-order valence-corrected chi connectivity index (χ3v) is 3.98. The summed E-state index contributed by atoms with van der Waals surface area (Å²) in [6.45, 7) is 6.75. The van der Waals surface area contributed by atoms with Crippen molar-refractivity contribution in [3.05, 3.63) is 41.7 Å². The summed E-state index contributed by atoms with van der Waals surface area (Å²) in [6, 6.07) is 8.69. The summed E-state index contributed by atoms with van der Waals surface area (Å²) in [7, 11) is 0. The van der Waals surface area contributed by atoms with Crippen LogP contribution in [0.1, 0.15) is 25.0 Å². The first-order chi connectivity index (χ1) is 9.69. The molecule has 4 nitrogen and oxygen atoms in total. The molecule has 2 atom stereocenters. The fourth-order valence-corrected chi connectivity index (χ4v) is 2.84. The van der Waals surface area contributed by atoms with E-state index in [0.717, 1.165) is 36.3 Å². The highest BCUT2D eigenvalue weighted by atomic mass is 16.5. The van der Waals surface area contributed by atoms with Gasteiger partial charge in [-0.15, -0.1) is 0 Å². The number of morpholine rings is 1. The van der Waals surface area contributed by atoms with E-state index in [1.54, 1.807) is 0 Å². The number of pyridine rings is 1. The summed E-state index contributed by atoms with van der Waals surface area (Å²) in [4.78, 5) is 2.39. The average molecular weight is 269 g/mol.